The Morgan fingerprint density at radius 3 is 2.56 bits per heavy atom. The highest BCUT2D eigenvalue weighted by molar-refractivity contribution is 5.82. The van der Waals surface area contributed by atoms with Crippen molar-refractivity contribution in [1.82, 2.24) is 0 Å². The molecule has 4 unspecified atom stereocenters. The molecule has 4 aliphatic rings. The van der Waals surface area contributed by atoms with Crippen molar-refractivity contribution >= 4 is 5.78 Å². The van der Waals surface area contributed by atoms with Gasteiger partial charge in [-0.2, -0.15) is 0 Å². The highest BCUT2D eigenvalue weighted by Gasteiger charge is 2.54. The van der Waals surface area contributed by atoms with Crippen molar-refractivity contribution in [2.24, 2.45) is 29.1 Å². The lowest BCUT2D eigenvalue weighted by atomic mass is 9.53. The molecule has 25 heavy (non-hydrogen) atoms. The molecule has 0 spiro atoms. The van der Waals surface area contributed by atoms with Gasteiger partial charge < -0.3 is 9.47 Å². The SMILES string of the molecule is C/C=C1\CCC2C3CCC(=O)C(CCC4(C)OCCO4)C3CC[C@@]12C. The van der Waals surface area contributed by atoms with Crippen LogP contribution in [0.5, 0.6) is 0 Å². The Labute approximate surface area is 152 Å². The van der Waals surface area contributed by atoms with Gasteiger partial charge in [0.15, 0.2) is 5.79 Å². The number of Topliss-reactive ketones (excluding diaryl/α,β-unsaturated/α-hetero) is 1. The lowest BCUT2D eigenvalue weighted by molar-refractivity contribution is -0.155. The monoisotopic (exact) mass is 346 g/mol. The van der Waals surface area contributed by atoms with Gasteiger partial charge in [-0.15, -0.1) is 0 Å². The summed E-state index contributed by atoms with van der Waals surface area (Å²) in [6.45, 7) is 8.13. The predicted octanol–water partition coefficient (Wildman–Crippen LogP) is 4.90. The van der Waals surface area contributed by atoms with Crippen LogP contribution in [-0.4, -0.2) is 24.8 Å². The van der Waals surface area contributed by atoms with Crippen LogP contribution >= 0.6 is 0 Å². The summed E-state index contributed by atoms with van der Waals surface area (Å²) in [7, 11) is 0. The second-order valence-corrected chi connectivity index (χ2v) is 9.22. The van der Waals surface area contributed by atoms with Gasteiger partial charge in [0.2, 0.25) is 0 Å². The molecular weight excluding hydrogens is 312 g/mol. The van der Waals surface area contributed by atoms with E-state index in [1.807, 2.05) is 6.92 Å². The van der Waals surface area contributed by atoms with E-state index in [1.54, 1.807) is 5.57 Å². The van der Waals surface area contributed by atoms with Gasteiger partial charge in [-0.25, -0.2) is 0 Å². The van der Waals surface area contributed by atoms with Gasteiger partial charge in [0.25, 0.3) is 0 Å². The number of carbonyl (C=O) groups excluding carboxylic acids is 1. The van der Waals surface area contributed by atoms with Crippen LogP contribution in [0.15, 0.2) is 11.6 Å². The fourth-order valence-electron chi connectivity index (χ4n) is 6.78. The van der Waals surface area contributed by atoms with E-state index >= 15 is 0 Å². The maximum atomic E-state index is 12.8. The molecule has 4 fully saturated rings. The molecule has 0 aromatic heterocycles. The zero-order valence-electron chi connectivity index (χ0n) is 16.2. The van der Waals surface area contributed by atoms with E-state index in [1.165, 1.54) is 25.7 Å². The van der Waals surface area contributed by atoms with Crippen molar-refractivity contribution in [1.29, 1.82) is 0 Å². The Kier molecular flexibility index (Phi) is 4.60. The number of rotatable bonds is 3. The molecule has 3 nitrogen and oxygen atoms in total. The lowest BCUT2D eigenvalue weighted by Gasteiger charge is -2.51. The zero-order chi connectivity index (χ0) is 17.7. The van der Waals surface area contributed by atoms with Crippen molar-refractivity contribution in [2.75, 3.05) is 13.2 Å². The first-order valence-electron chi connectivity index (χ1n) is 10.4. The fraction of sp³-hybridized carbons (Fsp3) is 0.864. The number of hydrogen-bond acceptors (Lipinski definition) is 3. The summed E-state index contributed by atoms with van der Waals surface area (Å²) in [5, 5.41) is 0. The Bertz CT molecular complexity index is 560. The molecule has 3 aliphatic carbocycles. The normalized spacial score (nSPS) is 44.8. The highest BCUT2D eigenvalue weighted by Crippen LogP contribution is 2.62. The van der Waals surface area contributed by atoms with E-state index in [-0.39, 0.29) is 5.92 Å². The lowest BCUT2D eigenvalue weighted by Crippen LogP contribution is -2.46. The summed E-state index contributed by atoms with van der Waals surface area (Å²) in [6.07, 6.45) is 11.2. The predicted molar refractivity (Wildman–Crippen MR) is 98.1 cm³/mol. The van der Waals surface area contributed by atoms with Crippen LogP contribution in [0, 0.1) is 29.1 Å². The average Bonchev–Trinajstić information content (AvgIpc) is 3.17. The average molecular weight is 347 g/mol. The van der Waals surface area contributed by atoms with E-state index in [4.69, 9.17) is 9.47 Å². The van der Waals surface area contributed by atoms with Crippen LogP contribution in [0.1, 0.15) is 72.1 Å². The van der Waals surface area contributed by atoms with E-state index in [0.717, 1.165) is 37.5 Å². The summed E-state index contributed by atoms with van der Waals surface area (Å²) in [6, 6.07) is 0. The van der Waals surface area contributed by atoms with E-state index in [0.29, 0.717) is 30.3 Å². The van der Waals surface area contributed by atoms with Gasteiger partial charge in [-0.05, 0) is 75.5 Å². The smallest absolute Gasteiger partial charge is 0.165 e. The molecule has 4 rings (SSSR count). The van der Waals surface area contributed by atoms with Crippen LogP contribution in [0.4, 0.5) is 0 Å². The number of ether oxygens (including phenoxy) is 2. The number of allylic oxidation sites excluding steroid dienone is 2. The number of hydrogen-bond donors (Lipinski definition) is 0. The molecule has 1 heterocycles. The van der Waals surface area contributed by atoms with Crippen LogP contribution in [0.2, 0.25) is 0 Å². The first kappa shape index (κ1) is 17.7. The van der Waals surface area contributed by atoms with Crippen molar-refractivity contribution in [3.8, 4) is 0 Å². The van der Waals surface area contributed by atoms with E-state index in [2.05, 4.69) is 19.9 Å². The van der Waals surface area contributed by atoms with Crippen LogP contribution in [0.25, 0.3) is 0 Å². The van der Waals surface area contributed by atoms with Gasteiger partial charge >= 0.3 is 0 Å². The van der Waals surface area contributed by atoms with Crippen molar-refractivity contribution in [3.05, 3.63) is 11.6 Å². The maximum Gasteiger partial charge on any atom is 0.165 e. The first-order chi connectivity index (χ1) is 12.0. The maximum absolute atomic E-state index is 12.8. The molecule has 3 heteroatoms. The van der Waals surface area contributed by atoms with Crippen molar-refractivity contribution in [3.63, 3.8) is 0 Å². The number of ketones is 1. The minimum atomic E-state index is -0.456. The zero-order valence-corrected chi connectivity index (χ0v) is 16.2. The molecule has 5 atom stereocenters. The third kappa shape index (κ3) is 2.92. The topological polar surface area (TPSA) is 35.5 Å². The van der Waals surface area contributed by atoms with Gasteiger partial charge in [0, 0.05) is 18.8 Å². The molecule has 1 saturated heterocycles. The Morgan fingerprint density at radius 2 is 1.84 bits per heavy atom. The minimum absolute atomic E-state index is 0.239. The van der Waals surface area contributed by atoms with Crippen LogP contribution in [0.3, 0.4) is 0 Å². The standard InChI is InChI=1S/C22H34O3/c1-4-15-5-7-19-17-6-8-20(23)18(16(17)9-11-21(15,19)2)10-12-22(3)24-13-14-25-22/h4,16-19H,5-14H2,1-3H3/b15-4+/t16?,17?,18?,19?,21-/m0/s1. The van der Waals surface area contributed by atoms with E-state index in [9.17, 15) is 4.79 Å². The molecule has 0 N–H and O–H groups in total. The summed E-state index contributed by atoms with van der Waals surface area (Å²) in [4.78, 5) is 12.8. The van der Waals surface area contributed by atoms with Gasteiger partial charge in [-0.3, -0.25) is 4.79 Å². The van der Waals surface area contributed by atoms with Crippen molar-refractivity contribution in [2.45, 2.75) is 77.9 Å². The minimum Gasteiger partial charge on any atom is -0.348 e. The molecular formula is C22H34O3. The van der Waals surface area contributed by atoms with Gasteiger partial charge in [0.05, 0.1) is 13.2 Å². The van der Waals surface area contributed by atoms with Crippen LogP contribution < -0.4 is 0 Å². The Balaban J connectivity index is 1.50. The Morgan fingerprint density at radius 1 is 1.08 bits per heavy atom. The third-order valence-corrected chi connectivity index (χ3v) is 8.15. The summed E-state index contributed by atoms with van der Waals surface area (Å²) in [5.74, 6) is 2.43. The summed E-state index contributed by atoms with van der Waals surface area (Å²) < 4.78 is 11.6. The molecule has 3 saturated carbocycles. The molecule has 0 aromatic carbocycles. The Hall–Kier alpha value is -0.670. The van der Waals surface area contributed by atoms with E-state index < -0.39 is 5.79 Å². The van der Waals surface area contributed by atoms with Gasteiger partial charge in [0.1, 0.15) is 5.78 Å². The first-order valence-corrected chi connectivity index (χ1v) is 10.4. The second-order valence-electron chi connectivity index (χ2n) is 9.22. The highest BCUT2D eigenvalue weighted by atomic mass is 16.7. The summed E-state index contributed by atoms with van der Waals surface area (Å²) >= 11 is 0. The van der Waals surface area contributed by atoms with Crippen molar-refractivity contribution < 1.29 is 14.3 Å². The van der Waals surface area contributed by atoms with Crippen LogP contribution in [-0.2, 0) is 14.3 Å². The fourth-order valence-corrected chi connectivity index (χ4v) is 6.78. The molecule has 1 aliphatic heterocycles. The quantitative estimate of drug-likeness (QED) is 0.682. The number of carbonyl (C=O) groups is 1. The third-order valence-electron chi connectivity index (χ3n) is 8.15. The molecule has 140 valence electrons. The van der Waals surface area contributed by atoms with Gasteiger partial charge in [-0.1, -0.05) is 18.6 Å². The second kappa shape index (κ2) is 6.49. The number of fused-ring (bicyclic) bond motifs is 3. The summed E-state index contributed by atoms with van der Waals surface area (Å²) in [5.41, 5.74) is 2.09. The molecule has 0 radical (unpaired) electrons. The molecule has 0 amide bonds. The largest absolute Gasteiger partial charge is 0.348 e. The molecule has 0 bridgehead atoms. The molecule has 0 aromatic rings.